The molecule has 150 valence electrons. The molecule has 0 atom stereocenters. The molecule has 0 saturated heterocycles. The number of rotatable bonds is 4. The van der Waals surface area contributed by atoms with E-state index < -0.39 is 17.3 Å². The van der Waals surface area contributed by atoms with Crippen molar-refractivity contribution in [2.45, 2.75) is 12.6 Å². The lowest BCUT2D eigenvalue weighted by molar-refractivity contribution is -0.137. The smallest absolute Gasteiger partial charge is 0.294 e. The van der Waals surface area contributed by atoms with Crippen molar-refractivity contribution in [3.8, 4) is 11.4 Å². The number of aromatic nitrogens is 3. The molecule has 0 aliphatic heterocycles. The lowest BCUT2D eigenvalue weighted by Gasteiger charge is -2.09. The van der Waals surface area contributed by atoms with E-state index in [1.165, 1.54) is 30.3 Å². The average Bonchev–Trinajstić information content (AvgIpc) is 2.74. The average molecular weight is 409 g/mol. The Morgan fingerprint density at radius 2 is 1.80 bits per heavy atom. The summed E-state index contributed by atoms with van der Waals surface area (Å²) in [5.74, 6) is -0.372. The molecule has 0 fully saturated rings. The van der Waals surface area contributed by atoms with E-state index in [-0.39, 0.29) is 23.3 Å². The number of nitrogens with zero attached hydrogens (tertiary/aromatic N) is 2. The molecule has 1 N–H and O–H groups in total. The summed E-state index contributed by atoms with van der Waals surface area (Å²) < 4.78 is 38.7. The Morgan fingerprint density at radius 1 is 0.967 bits per heavy atom. The lowest BCUT2D eigenvalue weighted by atomic mass is 9.98. The first-order valence-electron chi connectivity index (χ1n) is 8.96. The van der Waals surface area contributed by atoms with Crippen molar-refractivity contribution >= 4 is 16.6 Å². The fraction of sp³-hybridized carbons (Fsp3) is 0.0909. The van der Waals surface area contributed by atoms with Crippen LogP contribution in [0.5, 0.6) is 0 Å². The number of halogens is 3. The summed E-state index contributed by atoms with van der Waals surface area (Å²) in [5, 5.41) is 7.25. The molecule has 0 spiro atoms. The summed E-state index contributed by atoms with van der Waals surface area (Å²) in [6, 6.07) is 14.4. The molecule has 2 heterocycles. The first-order valence-corrected chi connectivity index (χ1v) is 8.96. The van der Waals surface area contributed by atoms with Gasteiger partial charge in [0.05, 0.1) is 16.6 Å². The van der Waals surface area contributed by atoms with Crippen LogP contribution in [0.25, 0.3) is 22.2 Å². The van der Waals surface area contributed by atoms with Crippen molar-refractivity contribution < 1.29 is 18.0 Å². The maximum atomic E-state index is 12.9. The third-order valence-corrected chi connectivity index (χ3v) is 4.64. The fourth-order valence-electron chi connectivity index (χ4n) is 3.18. The third kappa shape index (κ3) is 3.84. The van der Waals surface area contributed by atoms with Gasteiger partial charge in [-0.25, -0.2) is 5.10 Å². The van der Waals surface area contributed by atoms with Gasteiger partial charge >= 0.3 is 6.18 Å². The SMILES string of the molecule is O=C(Cc1cccc(C(F)(F)F)c1)c1ccc2c(=O)[nH]nc(-c3ccccn3)c2c1. The Bertz CT molecular complexity index is 1300. The summed E-state index contributed by atoms with van der Waals surface area (Å²) in [6.45, 7) is 0. The molecule has 0 aliphatic rings. The number of H-pyrrole nitrogens is 1. The number of pyridine rings is 1. The summed E-state index contributed by atoms with van der Waals surface area (Å²) in [5.41, 5.74) is 0.217. The summed E-state index contributed by atoms with van der Waals surface area (Å²) in [4.78, 5) is 29.1. The molecule has 30 heavy (non-hydrogen) atoms. The van der Waals surface area contributed by atoms with Crippen LogP contribution in [0, 0.1) is 0 Å². The first kappa shape index (κ1) is 19.5. The van der Waals surface area contributed by atoms with Crippen molar-refractivity contribution in [2.24, 2.45) is 0 Å². The van der Waals surface area contributed by atoms with Crippen molar-refractivity contribution in [1.82, 2.24) is 15.2 Å². The van der Waals surface area contributed by atoms with Gasteiger partial charge in [-0.2, -0.15) is 18.3 Å². The number of alkyl halides is 3. The first-order chi connectivity index (χ1) is 14.3. The van der Waals surface area contributed by atoms with E-state index in [1.54, 1.807) is 24.4 Å². The van der Waals surface area contributed by atoms with Gasteiger partial charge in [0.15, 0.2) is 5.78 Å². The van der Waals surface area contributed by atoms with Gasteiger partial charge in [0.1, 0.15) is 5.69 Å². The van der Waals surface area contributed by atoms with Crippen LogP contribution in [0.3, 0.4) is 0 Å². The molecule has 2 aromatic heterocycles. The monoisotopic (exact) mass is 409 g/mol. The van der Waals surface area contributed by atoms with Crippen LogP contribution in [0.2, 0.25) is 0 Å². The van der Waals surface area contributed by atoms with Crippen LogP contribution in [0.1, 0.15) is 21.5 Å². The molecule has 4 aromatic rings. The number of nitrogens with one attached hydrogen (secondary N) is 1. The zero-order valence-corrected chi connectivity index (χ0v) is 15.4. The highest BCUT2D eigenvalue weighted by molar-refractivity contribution is 6.03. The van der Waals surface area contributed by atoms with Gasteiger partial charge in [-0.3, -0.25) is 14.6 Å². The summed E-state index contributed by atoms with van der Waals surface area (Å²) in [6.07, 6.45) is -3.10. The highest BCUT2D eigenvalue weighted by Crippen LogP contribution is 2.30. The Labute approximate surface area is 168 Å². The highest BCUT2D eigenvalue weighted by Gasteiger charge is 2.30. The topological polar surface area (TPSA) is 75.7 Å². The minimum atomic E-state index is -4.48. The zero-order chi connectivity index (χ0) is 21.3. The second-order valence-electron chi connectivity index (χ2n) is 6.67. The van der Waals surface area contributed by atoms with Gasteiger partial charge in [-0.15, -0.1) is 0 Å². The minimum absolute atomic E-state index is 0.203. The van der Waals surface area contributed by atoms with E-state index in [0.717, 1.165) is 12.1 Å². The Morgan fingerprint density at radius 3 is 2.53 bits per heavy atom. The predicted molar refractivity (Wildman–Crippen MR) is 105 cm³/mol. The number of hydrogen-bond donors (Lipinski definition) is 1. The molecule has 0 saturated carbocycles. The highest BCUT2D eigenvalue weighted by atomic mass is 19.4. The van der Waals surface area contributed by atoms with E-state index in [4.69, 9.17) is 0 Å². The molecule has 0 amide bonds. The molecule has 0 bridgehead atoms. The maximum absolute atomic E-state index is 12.9. The predicted octanol–water partition coefficient (Wildman–Crippen LogP) is 4.43. The zero-order valence-electron chi connectivity index (χ0n) is 15.4. The molecular formula is C22H14F3N3O2. The Balaban J connectivity index is 1.73. The molecule has 8 heteroatoms. The normalized spacial score (nSPS) is 11.6. The Kier molecular flexibility index (Phi) is 4.91. The van der Waals surface area contributed by atoms with Crippen LogP contribution in [-0.4, -0.2) is 21.0 Å². The molecule has 0 radical (unpaired) electrons. The molecule has 2 aromatic carbocycles. The molecule has 5 nitrogen and oxygen atoms in total. The van der Waals surface area contributed by atoms with Crippen LogP contribution >= 0.6 is 0 Å². The summed E-state index contributed by atoms with van der Waals surface area (Å²) in [7, 11) is 0. The molecular weight excluding hydrogens is 395 g/mol. The quantitative estimate of drug-likeness (QED) is 0.506. The second-order valence-corrected chi connectivity index (χ2v) is 6.67. The number of hydrogen-bond acceptors (Lipinski definition) is 4. The number of carbonyl (C=O) groups excluding carboxylic acids is 1. The van der Waals surface area contributed by atoms with Gasteiger partial charge in [0, 0.05) is 23.6 Å². The van der Waals surface area contributed by atoms with E-state index in [0.29, 0.717) is 22.2 Å². The van der Waals surface area contributed by atoms with Crippen molar-refractivity contribution in [3.63, 3.8) is 0 Å². The van der Waals surface area contributed by atoms with Crippen molar-refractivity contribution in [1.29, 1.82) is 0 Å². The standard InChI is InChI=1S/C22H14F3N3O2/c23-22(24,25)15-5-3-4-13(10-15)11-19(29)14-7-8-16-17(12-14)20(27-28-21(16)30)18-6-1-2-9-26-18/h1-10,12H,11H2,(H,28,30). The van der Waals surface area contributed by atoms with Crippen molar-refractivity contribution in [2.75, 3.05) is 0 Å². The van der Waals surface area contributed by atoms with Gasteiger partial charge in [-0.05, 0) is 35.9 Å². The van der Waals surface area contributed by atoms with Crippen LogP contribution in [-0.2, 0) is 12.6 Å². The number of ketones is 1. The van der Waals surface area contributed by atoms with E-state index in [1.807, 2.05) is 0 Å². The Hall–Kier alpha value is -3.81. The maximum Gasteiger partial charge on any atom is 0.416 e. The van der Waals surface area contributed by atoms with E-state index in [2.05, 4.69) is 15.2 Å². The number of Topliss-reactive ketones (excluding diaryl/α,β-unsaturated/α-hetero) is 1. The number of benzene rings is 2. The van der Waals surface area contributed by atoms with Gasteiger partial charge in [0.2, 0.25) is 0 Å². The number of fused-ring (bicyclic) bond motifs is 1. The molecule has 0 unspecified atom stereocenters. The van der Waals surface area contributed by atoms with Gasteiger partial charge in [-0.1, -0.05) is 30.3 Å². The second kappa shape index (κ2) is 7.55. The van der Waals surface area contributed by atoms with E-state index in [9.17, 15) is 22.8 Å². The van der Waals surface area contributed by atoms with Crippen LogP contribution in [0.4, 0.5) is 13.2 Å². The largest absolute Gasteiger partial charge is 0.416 e. The third-order valence-electron chi connectivity index (χ3n) is 4.64. The van der Waals surface area contributed by atoms with Crippen LogP contribution < -0.4 is 5.56 Å². The minimum Gasteiger partial charge on any atom is -0.294 e. The van der Waals surface area contributed by atoms with Crippen molar-refractivity contribution in [3.05, 3.63) is 93.9 Å². The van der Waals surface area contributed by atoms with Gasteiger partial charge in [0.25, 0.3) is 5.56 Å². The van der Waals surface area contributed by atoms with Crippen LogP contribution in [0.15, 0.2) is 71.7 Å². The lowest BCUT2D eigenvalue weighted by Crippen LogP contribution is -2.11. The van der Waals surface area contributed by atoms with E-state index >= 15 is 0 Å². The molecule has 4 rings (SSSR count). The van der Waals surface area contributed by atoms with Gasteiger partial charge < -0.3 is 0 Å². The summed E-state index contributed by atoms with van der Waals surface area (Å²) >= 11 is 0. The molecule has 0 aliphatic carbocycles. The number of aromatic amines is 1. The number of carbonyl (C=O) groups is 1. The fourth-order valence-corrected chi connectivity index (χ4v) is 3.18.